The highest BCUT2D eigenvalue weighted by Crippen LogP contribution is 2.17. The van der Waals surface area contributed by atoms with Crippen LogP contribution in [0.3, 0.4) is 0 Å². The Bertz CT molecular complexity index is 700. The molecule has 0 spiro atoms. The van der Waals surface area contributed by atoms with E-state index in [0.29, 0.717) is 12.2 Å². The molecule has 2 aromatic carbocycles. The third kappa shape index (κ3) is 5.06. The number of nitrogens with one attached hydrogen (secondary N) is 2. The largest absolute Gasteiger partial charge is 0.381 e. The van der Waals surface area contributed by atoms with Crippen LogP contribution >= 0.6 is 15.9 Å². The van der Waals surface area contributed by atoms with Crippen molar-refractivity contribution in [1.82, 2.24) is 0 Å². The minimum Gasteiger partial charge on any atom is -0.381 e. The zero-order chi connectivity index (χ0) is 15.3. The number of sulfonamides is 1. The van der Waals surface area contributed by atoms with Gasteiger partial charge in [-0.3, -0.25) is 4.72 Å². The van der Waals surface area contributed by atoms with E-state index in [0.717, 1.165) is 10.2 Å². The zero-order valence-corrected chi connectivity index (χ0v) is 14.0. The second kappa shape index (κ2) is 6.95. The molecule has 0 saturated heterocycles. The molecule has 0 amide bonds. The van der Waals surface area contributed by atoms with Crippen molar-refractivity contribution in [3.8, 4) is 0 Å². The monoisotopic (exact) mass is 368 g/mol. The zero-order valence-electron chi connectivity index (χ0n) is 11.6. The van der Waals surface area contributed by atoms with E-state index in [1.807, 2.05) is 30.3 Å². The lowest BCUT2D eigenvalue weighted by molar-refractivity contribution is 0.602. The maximum atomic E-state index is 11.5. The van der Waals surface area contributed by atoms with Crippen LogP contribution in [0.5, 0.6) is 0 Å². The van der Waals surface area contributed by atoms with E-state index in [1.54, 1.807) is 19.1 Å². The SMILES string of the molecule is CCS(=O)(=O)Nc1ccc(NCc2cccc(Br)c2)cc1. The first-order chi connectivity index (χ1) is 9.98. The van der Waals surface area contributed by atoms with Gasteiger partial charge in [0.05, 0.1) is 5.75 Å². The molecule has 0 aliphatic rings. The van der Waals surface area contributed by atoms with E-state index < -0.39 is 10.0 Å². The minimum absolute atomic E-state index is 0.0654. The molecule has 21 heavy (non-hydrogen) atoms. The van der Waals surface area contributed by atoms with Crippen LogP contribution in [0.25, 0.3) is 0 Å². The van der Waals surface area contributed by atoms with Gasteiger partial charge in [0.25, 0.3) is 0 Å². The number of hydrogen-bond acceptors (Lipinski definition) is 3. The van der Waals surface area contributed by atoms with Crippen LogP contribution in [0.4, 0.5) is 11.4 Å². The Kier molecular flexibility index (Phi) is 5.25. The minimum atomic E-state index is -3.22. The van der Waals surface area contributed by atoms with Crippen molar-refractivity contribution in [2.75, 3.05) is 15.8 Å². The van der Waals surface area contributed by atoms with Crippen molar-refractivity contribution in [2.24, 2.45) is 0 Å². The molecule has 0 aliphatic heterocycles. The van der Waals surface area contributed by atoms with Crippen LogP contribution < -0.4 is 10.0 Å². The summed E-state index contributed by atoms with van der Waals surface area (Å²) in [6.45, 7) is 2.32. The van der Waals surface area contributed by atoms with Gasteiger partial charge in [-0.05, 0) is 48.9 Å². The first-order valence-corrected chi connectivity index (χ1v) is 9.02. The van der Waals surface area contributed by atoms with E-state index >= 15 is 0 Å². The maximum Gasteiger partial charge on any atom is 0.232 e. The topological polar surface area (TPSA) is 58.2 Å². The summed E-state index contributed by atoms with van der Waals surface area (Å²) in [7, 11) is -3.22. The molecule has 0 radical (unpaired) electrons. The molecular formula is C15H17BrN2O2S. The quantitative estimate of drug-likeness (QED) is 0.814. The summed E-state index contributed by atoms with van der Waals surface area (Å²) in [4.78, 5) is 0. The molecule has 6 heteroatoms. The predicted octanol–water partition coefficient (Wildman–Crippen LogP) is 3.82. The molecular weight excluding hydrogens is 352 g/mol. The summed E-state index contributed by atoms with van der Waals surface area (Å²) >= 11 is 3.44. The highest BCUT2D eigenvalue weighted by molar-refractivity contribution is 9.10. The summed E-state index contributed by atoms with van der Waals surface area (Å²) in [5.41, 5.74) is 2.68. The third-order valence-corrected chi connectivity index (χ3v) is 4.72. The maximum absolute atomic E-state index is 11.5. The fraction of sp³-hybridized carbons (Fsp3) is 0.200. The normalized spacial score (nSPS) is 11.1. The van der Waals surface area contributed by atoms with Gasteiger partial charge in [0.1, 0.15) is 0 Å². The predicted molar refractivity (Wildman–Crippen MR) is 91.0 cm³/mol. The summed E-state index contributed by atoms with van der Waals surface area (Å²) < 4.78 is 26.5. The van der Waals surface area contributed by atoms with Gasteiger partial charge in [-0.2, -0.15) is 0 Å². The molecule has 2 aromatic rings. The number of halogens is 1. The van der Waals surface area contributed by atoms with Gasteiger partial charge in [-0.15, -0.1) is 0 Å². The van der Waals surface area contributed by atoms with Crippen molar-refractivity contribution < 1.29 is 8.42 Å². The molecule has 2 N–H and O–H groups in total. The van der Waals surface area contributed by atoms with Crippen molar-refractivity contribution >= 4 is 37.3 Å². The number of anilines is 2. The molecule has 2 rings (SSSR count). The second-order valence-corrected chi connectivity index (χ2v) is 7.49. The van der Waals surface area contributed by atoms with E-state index in [4.69, 9.17) is 0 Å². The molecule has 0 atom stereocenters. The van der Waals surface area contributed by atoms with Crippen LogP contribution in [0.1, 0.15) is 12.5 Å². The van der Waals surface area contributed by atoms with Gasteiger partial charge in [0.2, 0.25) is 10.0 Å². The molecule has 0 aromatic heterocycles. The highest BCUT2D eigenvalue weighted by atomic mass is 79.9. The van der Waals surface area contributed by atoms with Gasteiger partial charge in [0.15, 0.2) is 0 Å². The van der Waals surface area contributed by atoms with Crippen molar-refractivity contribution in [1.29, 1.82) is 0 Å². The van der Waals surface area contributed by atoms with Gasteiger partial charge >= 0.3 is 0 Å². The number of rotatable bonds is 6. The molecule has 0 bridgehead atoms. The smallest absolute Gasteiger partial charge is 0.232 e. The Morgan fingerprint density at radius 2 is 1.71 bits per heavy atom. The molecule has 0 fully saturated rings. The number of hydrogen-bond donors (Lipinski definition) is 2. The molecule has 0 unspecified atom stereocenters. The van der Waals surface area contributed by atoms with E-state index in [2.05, 4.69) is 32.0 Å². The van der Waals surface area contributed by atoms with Crippen LogP contribution in [-0.2, 0) is 16.6 Å². The van der Waals surface area contributed by atoms with Crippen LogP contribution in [0, 0.1) is 0 Å². The molecule has 4 nitrogen and oxygen atoms in total. The van der Waals surface area contributed by atoms with E-state index in [1.165, 1.54) is 5.56 Å². The van der Waals surface area contributed by atoms with Crippen molar-refractivity contribution in [2.45, 2.75) is 13.5 Å². The van der Waals surface area contributed by atoms with Gasteiger partial charge < -0.3 is 5.32 Å². The first-order valence-electron chi connectivity index (χ1n) is 6.57. The van der Waals surface area contributed by atoms with Crippen LogP contribution in [0.2, 0.25) is 0 Å². The molecule has 0 heterocycles. The fourth-order valence-electron chi connectivity index (χ4n) is 1.76. The molecule has 112 valence electrons. The summed E-state index contributed by atoms with van der Waals surface area (Å²) in [6.07, 6.45) is 0. The van der Waals surface area contributed by atoms with Crippen molar-refractivity contribution in [3.05, 3.63) is 58.6 Å². The third-order valence-electron chi connectivity index (χ3n) is 2.92. The second-order valence-electron chi connectivity index (χ2n) is 4.57. The molecule has 0 saturated carbocycles. The number of benzene rings is 2. The Morgan fingerprint density at radius 1 is 1.05 bits per heavy atom. The van der Waals surface area contributed by atoms with Crippen molar-refractivity contribution in [3.63, 3.8) is 0 Å². The first kappa shape index (κ1) is 15.9. The Hall–Kier alpha value is -1.53. The van der Waals surface area contributed by atoms with Gasteiger partial charge in [-0.25, -0.2) is 8.42 Å². The average molecular weight is 369 g/mol. The Balaban J connectivity index is 1.96. The van der Waals surface area contributed by atoms with E-state index in [9.17, 15) is 8.42 Å². The van der Waals surface area contributed by atoms with Crippen LogP contribution in [-0.4, -0.2) is 14.2 Å². The van der Waals surface area contributed by atoms with Crippen LogP contribution in [0.15, 0.2) is 53.0 Å². The standard InChI is InChI=1S/C15H17BrN2O2S/c1-2-21(19,20)18-15-8-6-14(7-9-15)17-11-12-4-3-5-13(16)10-12/h3-10,17-18H,2,11H2,1H3. The Labute approximate surface area is 133 Å². The summed E-state index contributed by atoms with van der Waals surface area (Å²) in [6, 6.07) is 15.3. The average Bonchev–Trinajstić information content (AvgIpc) is 2.46. The summed E-state index contributed by atoms with van der Waals surface area (Å²) in [5, 5.41) is 3.29. The Morgan fingerprint density at radius 3 is 2.33 bits per heavy atom. The van der Waals surface area contributed by atoms with E-state index in [-0.39, 0.29) is 5.75 Å². The summed E-state index contributed by atoms with van der Waals surface area (Å²) in [5.74, 6) is 0.0654. The fourth-order valence-corrected chi connectivity index (χ4v) is 2.85. The lowest BCUT2D eigenvalue weighted by Gasteiger charge is -2.09. The molecule has 0 aliphatic carbocycles. The highest BCUT2D eigenvalue weighted by Gasteiger charge is 2.06. The van der Waals surface area contributed by atoms with Gasteiger partial charge in [0, 0.05) is 22.4 Å². The lowest BCUT2D eigenvalue weighted by Crippen LogP contribution is -2.14. The van der Waals surface area contributed by atoms with Gasteiger partial charge in [-0.1, -0.05) is 28.1 Å². The lowest BCUT2D eigenvalue weighted by atomic mass is 10.2.